The standard InChI is InChI=1S/C14H24N2S/c1-9-6-5-7-13(11(9)3)16-12(4)14-15-8-10(2)17-14/h8-9,11-13,16H,5-7H2,1-4H3. The van der Waals surface area contributed by atoms with Gasteiger partial charge in [-0.1, -0.05) is 26.7 Å². The van der Waals surface area contributed by atoms with E-state index in [1.807, 2.05) is 17.5 Å². The molecule has 4 atom stereocenters. The minimum Gasteiger partial charge on any atom is -0.305 e. The molecule has 4 unspecified atom stereocenters. The predicted octanol–water partition coefficient (Wildman–Crippen LogP) is 3.93. The van der Waals surface area contributed by atoms with Crippen LogP contribution in [-0.4, -0.2) is 11.0 Å². The van der Waals surface area contributed by atoms with Crippen LogP contribution in [0.1, 0.15) is 56.0 Å². The zero-order chi connectivity index (χ0) is 12.4. The average molecular weight is 252 g/mol. The van der Waals surface area contributed by atoms with Crippen LogP contribution < -0.4 is 5.32 Å². The summed E-state index contributed by atoms with van der Waals surface area (Å²) in [4.78, 5) is 5.79. The number of aromatic nitrogens is 1. The summed E-state index contributed by atoms with van der Waals surface area (Å²) < 4.78 is 0. The van der Waals surface area contributed by atoms with Crippen molar-refractivity contribution >= 4 is 11.3 Å². The van der Waals surface area contributed by atoms with Crippen molar-refractivity contribution < 1.29 is 0 Å². The normalized spacial score (nSPS) is 31.4. The molecule has 0 aromatic carbocycles. The molecule has 0 aliphatic heterocycles. The van der Waals surface area contributed by atoms with Crippen molar-refractivity contribution in [2.24, 2.45) is 11.8 Å². The Bertz CT molecular complexity index is 361. The molecule has 3 heteroatoms. The molecule has 1 saturated carbocycles. The average Bonchev–Trinajstić information content (AvgIpc) is 2.72. The zero-order valence-corrected chi connectivity index (χ0v) is 12.2. The van der Waals surface area contributed by atoms with E-state index in [-0.39, 0.29) is 0 Å². The fraction of sp³-hybridized carbons (Fsp3) is 0.786. The van der Waals surface area contributed by atoms with Gasteiger partial charge in [0.2, 0.25) is 0 Å². The molecule has 0 amide bonds. The molecule has 0 radical (unpaired) electrons. The van der Waals surface area contributed by atoms with Gasteiger partial charge < -0.3 is 5.32 Å². The molecule has 1 aliphatic carbocycles. The third-order valence-corrected chi connectivity index (χ3v) is 5.28. The molecule has 2 rings (SSSR count). The second-order valence-corrected chi connectivity index (χ2v) is 6.84. The summed E-state index contributed by atoms with van der Waals surface area (Å²) in [6.45, 7) is 9.14. The fourth-order valence-electron chi connectivity index (χ4n) is 2.78. The van der Waals surface area contributed by atoms with Gasteiger partial charge in [-0.2, -0.15) is 0 Å². The topological polar surface area (TPSA) is 24.9 Å². The number of thiazole rings is 1. The number of hydrogen-bond acceptors (Lipinski definition) is 3. The maximum Gasteiger partial charge on any atom is 0.109 e. The second-order valence-electron chi connectivity index (χ2n) is 5.57. The predicted molar refractivity (Wildman–Crippen MR) is 74.4 cm³/mol. The monoisotopic (exact) mass is 252 g/mol. The summed E-state index contributed by atoms with van der Waals surface area (Å²) in [7, 11) is 0. The van der Waals surface area contributed by atoms with E-state index in [1.54, 1.807) is 0 Å². The number of rotatable bonds is 3. The third kappa shape index (κ3) is 3.08. The third-order valence-electron chi connectivity index (χ3n) is 4.18. The van der Waals surface area contributed by atoms with Crippen LogP contribution in [0.5, 0.6) is 0 Å². The number of aryl methyl sites for hydroxylation is 1. The maximum atomic E-state index is 4.48. The first-order valence-corrected chi connectivity index (χ1v) is 7.58. The number of nitrogens with one attached hydrogen (secondary N) is 1. The van der Waals surface area contributed by atoms with E-state index in [9.17, 15) is 0 Å². The van der Waals surface area contributed by atoms with Gasteiger partial charge >= 0.3 is 0 Å². The molecule has 1 heterocycles. The summed E-state index contributed by atoms with van der Waals surface area (Å²) in [5, 5.41) is 5.01. The van der Waals surface area contributed by atoms with Crippen LogP contribution >= 0.6 is 11.3 Å². The zero-order valence-electron chi connectivity index (χ0n) is 11.4. The van der Waals surface area contributed by atoms with E-state index in [1.165, 1.54) is 29.1 Å². The Balaban J connectivity index is 1.96. The van der Waals surface area contributed by atoms with Gasteiger partial charge in [-0.25, -0.2) is 4.98 Å². The van der Waals surface area contributed by atoms with Crippen LogP contribution in [-0.2, 0) is 0 Å². The molecule has 1 aromatic heterocycles. The Morgan fingerprint density at radius 1 is 1.41 bits per heavy atom. The highest BCUT2D eigenvalue weighted by Crippen LogP contribution is 2.31. The van der Waals surface area contributed by atoms with Gasteiger partial charge in [-0.3, -0.25) is 0 Å². The molecular weight excluding hydrogens is 228 g/mol. The molecule has 2 nitrogen and oxygen atoms in total. The summed E-state index contributed by atoms with van der Waals surface area (Å²) in [5.41, 5.74) is 0. The molecule has 1 fully saturated rings. The lowest BCUT2D eigenvalue weighted by Gasteiger charge is -2.36. The van der Waals surface area contributed by atoms with Crippen LogP contribution in [0.15, 0.2) is 6.20 Å². The largest absolute Gasteiger partial charge is 0.305 e. The highest BCUT2D eigenvalue weighted by atomic mass is 32.1. The van der Waals surface area contributed by atoms with Gasteiger partial charge in [0.15, 0.2) is 0 Å². The van der Waals surface area contributed by atoms with Crippen molar-refractivity contribution in [1.82, 2.24) is 10.3 Å². The Morgan fingerprint density at radius 3 is 2.82 bits per heavy atom. The van der Waals surface area contributed by atoms with Crippen LogP contribution in [0.3, 0.4) is 0 Å². The van der Waals surface area contributed by atoms with Crippen molar-refractivity contribution in [3.05, 3.63) is 16.1 Å². The van der Waals surface area contributed by atoms with Crippen LogP contribution in [0.2, 0.25) is 0 Å². The summed E-state index contributed by atoms with van der Waals surface area (Å²) in [6, 6.07) is 1.06. The van der Waals surface area contributed by atoms with Gasteiger partial charge in [0.1, 0.15) is 5.01 Å². The fourth-order valence-corrected chi connectivity index (χ4v) is 3.57. The van der Waals surface area contributed by atoms with E-state index in [2.05, 4.69) is 38.0 Å². The van der Waals surface area contributed by atoms with E-state index in [4.69, 9.17) is 0 Å². The van der Waals surface area contributed by atoms with Crippen molar-refractivity contribution in [1.29, 1.82) is 0 Å². The molecule has 1 aliphatic rings. The molecular formula is C14H24N2S. The minimum absolute atomic E-state index is 0.395. The lowest BCUT2D eigenvalue weighted by Crippen LogP contribution is -2.41. The molecule has 0 spiro atoms. The Labute approximate surface area is 109 Å². The van der Waals surface area contributed by atoms with Crippen LogP contribution in [0, 0.1) is 18.8 Å². The Morgan fingerprint density at radius 2 is 2.18 bits per heavy atom. The van der Waals surface area contributed by atoms with Crippen molar-refractivity contribution in [2.45, 2.75) is 59.0 Å². The van der Waals surface area contributed by atoms with E-state index in [0.29, 0.717) is 12.1 Å². The summed E-state index contributed by atoms with van der Waals surface area (Å²) >= 11 is 1.81. The van der Waals surface area contributed by atoms with E-state index in [0.717, 1.165) is 11.8 Å². The van der Waals surface area contributed by atoms with Gasteiger partial charge in [0, 0.05) is 17.1 Å². The van der Waals surface area contributed by atoms with E-state index >= 15 is 0 Å². The molecule has 17 heavy (non-hydrogen) atoms. The first-order chi connectivity index (χ1) is 8.08. The summed E-state index contributed by atoms with van der Waals surface area (Å²) in [6.07, 6.45) is 6.06. The van der Waals surface area contributed by atoms with Crippen LogP contribution in [0.4, 0.5) is 0 Å². The first-order valence-electron chi connectivity index (χ1n) is 6.76. The van der Waals surface area contributed by atoms with Gasteiger partial charge in [-0.15, -0.1) is 11.3 Å². The van der Waals surface area contributed by atoms with Gasteiger partial charge in [-0.05, 0) is 32.1 Å². The minimum atomic E-state index is 0.395. The molecule has 0 saturated heterocycles. The van der Waals surface area contributed by atoms with Crippen molar-refractivity contribution in [2.75, 3.05) is 0 Å². The Hall–Kier alpha value is -0.410. The number of nitrogens with zero attached hydrogens (tertiary/aromatic N) is 1. The highest BCUT2D eigenvalue weighted by Gasteiger charge is 2.28. The SMILES string of the molecule is Cc1cnc(C(C)NC2CCCC(C)C2C)s1. The second kappa shape index (κ2) is 5.49. The van der Waals surface area contributed by atoms with Gasteiger partial charge in [0.05, 0.1) is 6.04 Å². The highest BCUT2D eigenvalue weighted by molar-refractivity contribution is 7.11. The molecule has 0 bridgehead atoms. The smallest absolute Gasteiger partial charge is 0.109 e. The maximum absolute atomic E-state index is 4.48. The first kappa shape index (κ1) is 13.0. The van der Waals surface area contributed by atoms with Crippen molar-refractivity contribution in [3.63, 3.8) is 0 Å². The van der Waals surface area contributed by atoms with Gasteiger partial charge in [0.25, 0.3) is 0 Å². The Kier molecular flexibility index (Phi) is 4.21. The van der Waals surface area contributed by atoms with Crippen LogP contribution in [0.25, 0.3) is 0 Å². The molecule has 1 aromatic rings. The summed E-state index contributed by atoms with van der Waals surface area (Å²) in [5.74, 6) is 1.64. The quantitative estimate of drug-likeness (QED) is 0.881. The lowest BCUT2D eigenvalue weighted by atomic mass is 9.78. The molecule has 96 valence electrons. The lowest BCUT2D eigenvalue weighted by molar-refractivity contribution is 0.196. The van der Waals surface area contributed by atoms with E-state index < -0.39 is 0 Å². The van der Waals surface area contributed by atoms with Crippen molar-refractivity contribution in [3.8, 4) is 0 Å². The number of hydrogen-bond donors (Lipinski definition) is 1. The molecule has 1 N–H and O–H groups in total.